The van der Waals surface area contributed by atoms with Gasteiger partial charge in [-0.25, -0.2) is 4.90 Å². The molecule has 1 heterocycles. The summed E-state index contributed by atoms with van der Waals surface area (Å²) < 4.78 is 0. The zero-order valence-corrected chi connectivity index (χ0v) is 15.5. The molecule has 1 unspecified atom stereocenters. The molecule has 4 heteroatoms. The molecule has 1 aliphatic rings. The molecule has 1 atom stereocenters. The molecule has 1 fully saturated rings. The van der Waals surface area contributed by atoms with Gasteiger partial charge in [0.2, 0.25) is 5.91 Å². The van der Waals surface area contributed by atoms with E-state index in [0.717, 1.165) is 24.1 Å². The number of hydrogen-bond acceptors (Lipinski definition) is 3. The third-order valence-corrected chi connectivity index (χ3v) is 4.87. The Morgan fingerprint density at radius 1 is 1.04 bits per heavy atom. The van der Waals surface area contributed by atoms with E-state index < -0.39 is 6.04 Å². The number of nitrogens with zero attached hydrogens (tertiary/aromatic N) is 1. The molecule has 0 bridgehead atoms. The number of unbranched alkanes of at least 4 members (excludes halogenated alkanes) is 1. The van der Waals surface area contributed by atoms with Gasteiger partial charge in [-0.05, 0) is 48.6 Å². The second-order valence-corrected chi connectivity index (χ2v) is 6.75. The monoisotopic (exact) mass is 350 g/mol. The molecule has 2 amide bonds. The molecular formula is C22H26N2O2. The molecule has 0 aliphatic carbocycles. The molecule has 4 nitrogen and oxygen atoms in total. The van der Waals surface area contributed by atoms with Gasteiger partial charge in [0.15, 0.2) is 0 Å². The summed E-state index contributed by atoms with van der Waals surface area (Å²) in [7, 11) is 0. The zero-order valence-electron chi connectivity index (χ0n) is 15.5. The summed E-state index contributed by atoms with van der Waals surface area (Å²) in [6.45, 7) is 4.21. The van der Waals surface area contributed by atoms with Crippen LogP contribution in [0.3, 0.4) is 0 Å². The maximum Gasteiger partial charge on any atom is 0.256 e. The third kappa shape index (κ3) is 3.79. The molecule has 1 saturated heterocycles. The average molecular weight is 350 g/mol. The lowest BCUT2D eigenvalue weighted by molar-refractivity contribution is -0.121. The molecule has 1 N–H and O–H groups in total. The normalized spacial score (nSPS) is 17.0. The van der Waals surface area contributed by atoms with Crippen molar-refractivity contribution < 1.29 is 9.59 Å². The summed E-state index contributed by atoms with van der Waals surface area (Å²) in [6, 6.07) is 15.3. The number of anilines is 2. The minimum atomic E-state index is -0.506. The first-order chi connectivity index (χ1) is 12.6. The highest BCUT2D eigenvalue weighted by molar-refractivity contribution is 6.23. The Labute approximate surface area is 155 Å². The minimum absolute atomic E-state index is 0.145. The highest BCUT2D eigenvalue weighted by Gasteiger charge is 2.40. The molecule has 1 aliphatic heterocycles. The van der Waals surface area contributed by atoms with E-state index in [0.29, 0.717) is 5.69 Å². The van der Waals surface area contributed by atoms with Gasteiger partial charge in [0, 0.05) is 5.69 Å². The van der Waals surface area contributed by atoms with E-state index >= 15 is 0 Å². The smallest absolute Gasteiger partial charge is 0.256 e. The molecule has 0 aromatic heterocycles. The Morgan fingerprint density at radius 2 is 1.77 bits per heavy atom. The lowest BCUT2D eigenvalue weighted by Crippen LogP contribution is -2.35. The number of benzene rings is 2. The maximum atomic E-state index is 12.8. The minimum Gasteiger partial charge on any atom is -0.373 e. The molecule has 3 rings (SSSR count). The molecule has 0 spiro atoms. The van der Waals surface area contributed by atoms with E-state index in [1.807, 2.05) is 43.3 Å². The fourth-order valence-electron chi connectivity index (χ4n) is 3.38. The van der Waals surface area contributed by atoms with Gasteiger partial charge >= 0.3 is 0 Å². The van der Waals surface area contributed by atoms with E-state index in [9.17, 15) is 9.59 Å². The molecule has 136 valence electrons. The Morgan fingerprint density at radius 3 is 2.46 bits per heavy atom. The topological polar surface area (TPSA) is 49.4 Å². The molecule has 0 radical (unpaired) electrons. The molecule has 2 aromatic carbocycles. The van der Waals surface area contributed by atoms with Gasteiger partial charge in [-0.1, -0.05) is 50.6 Å². The quantitative estimate of drug-likeness (QED) is 0.756. The summed E-state index contributed by atoms with van der Waals surface area (Å²) in [6.07, 6.45) is 4.39. The van der Waals surface area contributed by atoms with Crippen molar-refractivity contribution in [3.05, 3.63) is 59.7 Å². The van der Waals surface area contributed by atoms with Crippen LogP contribution in [0.1, 0.15) is 44.2 Å². The largest absolute Gasteiger partial charge is 0.373 e. The lowest BCUT2D eigenvalue weighted by Gasteiger charge is -2.19. The van der Waals surface area contributed by atoms with Gasteiger partial charge in [0.25, 0.3) is 5.91 Å². The standard InChI is InChI=1S/C22H26N2O2/c1-3-5-8-16-11-13-18(14-12-16)23-19-15-21(25)24(22(19)26)20-10-7-6-9-17(20)4-2/h6-7,9-14,19,23H,3-5,8,15H2,1-2H3. The number of imide groups is 1. The predicted octanol–water partition coefficient (Wildman–Crippen LogP) is 4.34. The first-order valence-corrected chi connectivity index (χ1v) is 9.44. The van der Waals surface area contributed by atoms with Gasteiger partial charge in [-0.15, -0.1) is 0 Å². The van der Waals surface area contributed by atoms with Crippen molar-refractivity contribution in [1.82, 2.24) is 0 Å². The van der Waals surface area contributed by atoms with Gasteiger partial charge in [0.05, 0.1) is 12.1 Å². The Kier molecular flexibility index (Phi) is 5.71. The number of hydrogen-bond donors (Lipinski definition) is 1. The van der Waals surface area contributed by atoms with Crippen LogP contribution in [0.15, 0.2) is 48.5 Å². The first kappa shape index (κ1) is 18.2. The zero-order chi connectivity index (χ0) is 18.5. The van der Waals surface area contributed by atoms with E-state index in [2.05, 4.69) is 24.4 Å². The number of carbonyl (C=O) groups is 2. The van der Waals surface area contributed by atoms with Gasteiger partial charge < -0.3 is 5.32 Å². The Bertz CT molecular complexity index is 783. The SMILES string of the molecule is CCCCc1ccc(NC2CC(=O)N(c3ccccc3CC)C2=O)cc1. The van der Waals surface area contributed by atoms with Crippen molar-refractivity contribution in [3.8, 4) is 0 Å². The van der Waals surface area contributed by atoms with E-state index in [1.165, 1.54) is 23.3 Å². The number of rotatable bonds is 7. The van der Waals surface area contributed by atoms with E-state index in [1.54, 1.807) is 0 Å². The first-order valence-electron chi connectivity index (χ1n) is 9.44. The highest BCUT2D eigenvalue weighted by atomic mass is 16.2. The van der Waals surface area contributed by atoms with E-state index in [4.69, 9.17) is 0 Å². The van der Waals surface area contributed by atoms with Crippen LogP contribution in [0, 0.1) is 0 Å². The predicted molar refractivity (Wildman–Crippen MR) is 105 cm³/mol. The van der Waals surface area contributed by atoms with Crippen molar-refractivity contribution in [2.24, 2.45) is 0 Å². The molecule has 0 saturated carbocycles. The van der Waals surface area contributed by atoms with Gasteiger partial charge in [-0.3, -0.25) is 9.59 Å². The van der Waals surface area contributed by atoms with Crippen LogP contribution >= 0.6 is 0 Å². The van der Waals surface area contributed by atoms with Crippen LogP contribution < -0.4 is 10.2 Å². The van der Waals surface area contributed by atoms with Crippen molar-refractivity contribution in [2.45, 2.75) is 52.0 Å². The van der Waals surface area contributed by atoms with Crippen LogP contribution in [0.4, 0.5) is 11.4 Å². The average Bonchev–Trinajstić information content (AvgIpc) is 2.94. The number of nitrogens with one attached hydrogen (secondary N) is 1. The summed E-state index contributed by atoms with van der Waals surface area (Å²) in [5.74, 6) is -0.320. The van der Waals surface area contributed by atoms with Crippen LogP contribution in [0.25, 0.3) is 0 Å². The summed E-state index contributed by atoms with van der Waals surface area (Å²) >= 11 is 0. The fraction of sp³-hybridized carbons (Fsp3) is 0.364. The summed E-state index contributed by atoms with van der Waals surface area (Å²) in [5, 5.41) is 3.23. The number of amides is 2. The van der Waals surface area contributed by atoms with E-state index in [-0.39, 0.29) is 18.2 Å². The van der Waals surface area contributed by atoms with Crippen LogP contribution in [0.2, 0.25) is 0 Å². The highest BCUT2D eigenvalue weighted by Crippen LogP contribution is 2.28. The van der Waals surface area contributed by atoms with Gasteiger partial charge in [0.1, 0.15) is 6.04 Å². The van der Waals surface area contributed by atoms with Crippen molar-refractivity contribution in [3.63, 3.8) is 0 Å². The second kappa shape index (κ2) is 8.17. The van der Waals surface area contributed by atoms with Crippen LogP contribution in [-0.2, 0) is 22.4 Å². The number of para-hydroxylation sites is 1. The Hall–Kier alpha value is -2.62. The number of aryl methyl sites for hydroxylation is 2. The molecule has 2 aromatic rings. The Balaban J connectivity index is 1.73. The van der Waals surface area contributed by atoms with Crippen molar-refractivity contribution >= 4 is 23.2 Å². The summed E-state index contributed by atoms with van der Waals surface area (Å²) in [4.78, 5) is 26.7. The lowest BCUT2D eigenvalue weighted by atomic mass is 10.1. The molecule has 26 heavy (non-hydrogen) atoms. The number of carbonyl (C=O) groups excluding carboxylic acids is 2. The fourth-order valence-corrected chi connectivity index (χ4v) is 3.38. The van der Waals surface area contributed by atoms with Crippen molar-refractivity contribution in [2.75, 3.05) is 10.2 Å². The third-order valence-electron chi connectivity index (χ3n) is 4.87. The van der Waals surface area contributed by atoms with Gasteiger partial charge in [-0.2, -0.15) is 0 Å². The summed E-state index contributed by atoms with van der Waals surface area (Å²) in [5.41, 5.74) is 3.89. The second-order valence-electron chi connectivity index (χ2n) is 6.75. The maximum absolute atomic E-state index is 12.8. The van der Waals surface area contributed by atoms with Crippen LogP contribution in [0.5, 0.6) is 0 Å². The van der Waals surface area contributed by atoms with Crippen molar-refractivity contribution in [1.29, 1.82) is 0 Å². The van der Waals surface area contributed by atoms with Crippen LogP contribution in [-0.4, -0.2) is 17.9 Å². The molecular weight excluding hydrogens is 324 g/mol.